The molecule has 3 aliphatic rings. The third-order valence-corrected chi connectivity index (χ3v) is 8.23. The molecule has 0 spiro atoms. The van der Waals surface area contributed by atoms with Gasteiger partial charge >= 0.3 is 0 Å². The van der Waals surface area contributed by atoms with Crippen LogP contribution in [-0.4, -0.2) is 5.71 Å². The third kappa shape index (κ3) is 6.00. The average molecular weight is 532 g/mol. The molecule has 0 N–H and O–H groups in total. The highest BCUT2D eigenvalue weighted by molar-refractivity contribution is 6.06. The first-order chi connectivity index (χ1) is 20.2. The summed E-state index contributed by atoms with van der Waals surface area (Å²) in [6, 6.07) is 22.3. The zero-order chi connectivity index (χ0) is 28.0. The smallest absolute Gasteiger partial charge is 0.0593 e. The molecule has 1 atom stereocenters. The van der Waals surface area contributed by atoms with Gasteiger partial charge in [0.15, 0.2) is 0 Å². The molecular formula is C40H37N. The van der Waals surface area contributed by atoms with Crippen LogP contribution in [0.25, 0.3) is 33.0 Å². The number of hydrogen-bond donors (Lipinski definition) is 0. The maximum Gasteiger partial charge on any atom is 0.0593 e. The molecule has 3 aromatic rings. The number of rotatable bonds is 7. The Hall–Kier alpha value is -4.49. The summed E-state index contributed by atoms with van der Waals surface area (Å²) in [7, 11) is 0. The van der Waals surface area contributed by atoms with Crippen LogP contribution in [0.2, 0.25) is 0 Å². The van der Waals surface area contributed by atoms with E-state index < -0.39 is 0 Å². The van der Waals surface area contributed by atoms with Gasteiger partial charge in [-0.1, -0.05) is 122 Å². The zero-order valence-electron chi connectivity index (χ0n) is 23.9. The van der Waals surface area contributed by atoms with Crippen molar-refractivity contribution in [2.45, 2.75) is 39.0 Å². The van der Waals surface area contributed by atoms with Gasteiger partial charge in [0.2, 0.25) is 0 Å². The molecule has 41 heavy (non-hydrogen) atoms. The normalized spacial score (nSPS) is 18.9. The van der Waals surface area contributed by atoms with Gasteiger partial charge in [0.25, 0.3) is 0 Å². The van der Waals surface area contributed by atoms with E-state index in [0.29, 0.717) is 0 Å². The van der Waals surface area contributed by atoms with E-state index in [4.69, 9.17) is 4.99 Å². The predicted octanol–water partition coefficient (Wildman–Crippen LogP) is 11.0. The maximum absolute atomic E-state index is 5.11. The van der Waals surface area contributed by atoms with Crippen LogP contribution >= 0.6 is 0 Å². The van der Waals surface area contributed by atoms with E-state index in [1.807, 2.05) is 0 Å². The summed E-state index contributed by atoms with van der Waals surface area (Å²) < 4.78 is 0. The van der Waals surface area contributed by atoms with Crippen LogP contribution in [0.4, 0.5) is 0 Å². The van der Waals surface area contributed by atoms with Crippen LogP contribution in [0.1, 0.15) is 50.2 Å². The fourth-order valence-corrected chi connectivity index (χ4v) is 5.95. The van der Waals surface area contributed by atoms with E-state index in [2.05, 4.69) is 141 Å². The monoisotopic (exact) mass is 531 g/mol. The van der Waals surface area contributed by atoms with Crippen molar-refractivity contribution in [3.63, 3.8) is 0 Å². The molecule has 0 fully saturated rings. The van der Waals surface area contributed by atoms with Crippen molar-refractivity contribution in [2.24, 2.45) is 10.9 Å². The zero-order valence-corrected chi connectivity index (χ0v) is 23.9. The molecule has 0 aliphatic heterocycles. The summed E-state index contributed by atoms with van der Waals surface area (Å²) in [5.41, 5.74) is 10.7. The first-order valence-electron chi connectivity index (χ1n) is 14.8. The minimum atomic E-state index is 0.245. The van der Waals surface area contributed by atoms with E-state index in [0.717, 1.165) is 43.5 Å². The van der Waals surface area contributed by atoms with Gasteiger partial charge in [-0.2, -0.15) is 0 Å². The van der Waals surface area contributed by atoms with Crippen molar-refractivity contribution >= 4 is 27.6 Å². The second-order valence-corrected chi connectivity index (χ2v) is 11.1. The fraction of sp³-hybridized carbons (Fsp3) is 0.175. The van der Waals surface area contributed by atoms with Crippen LogP contribution in [0.15, 0.2) is 150 Å². The topological polar surface area (TPSA) is 12.4 Å². The van der Waals surface area contributed by atoms with Gasteiger partial charge in [-0.3, -0.25) is 4.99 Å². The molecule has 1 nitrogen and oxygen atoms in total. The number of fused-ring (bicyclic) bond motifs is 1. The SMILES string of the molecule is C=C(/N=C(\C=C(/C)c1cccc(-c2ccc(C3=CCCC=C3)c3ccccc23)c1)C1C=CC=CC1)C1=CC=CCC1. The van der Waals surface area contributed by atoms with Crippen LogP contribution in [-0.2, 0) is 0 Å². The maximum atomic E-state index is 5.11. The van der Waals surface area contributed by atoms with Crippen molar-refractivity contribution in [3.8, 4) is 11.1 Å². The molecular weight excluding hydrogens is 494 g/mol. The fourth-order valence-electron chi connectivity index (χ4n) is 5.95. The van der Waals surface area contributed by atoms with E-state index in [1.165, 1.54) is 49.7 Å². The lowest BCUT2D eigenvalue weighted by molar-refractivity contribution is 0.867. The van der Waals surface area contributed by atoms with Crippen molar-refractivity contribution in [1.29, 1.82) is 0 Å². The van der Waals surface area contributed by atoms with Crippen molar-refractivity contribution in [2.75, 3.05) is 0 Å². The molecule has 0 bridgehead atoms. The quantitative estimate of drug-likeness (QED) is 0.269. The van der Waals surface area contributed by atoms with E-state index in [-0.39, 0.29) is 5.92 Å². The molecule has 202 valence electrons. The van der Waals surface area contributed by atoms with Gasteiger partial charge in [0, 0.05) is 11.6 Å². The van der Waals surface area contributed by atoms with Gasteiger partial charge < -0.3 is 0 Å². The second kappa shape index (κ2) is 12.4. The van der Waals surface area contributed by atoms with Gasteiger partial charge in [-0.15, -0.1) is 0 Å². The van der Waals surface area contributed by atoms with Crippen LogP contribution in [0.5, 0.6) is 0 Å². The summed E-state index contributed by atoms with van der Waals surface area (Å²) in [5, 5.41) is 2.59. The molecule has 0 saturated carbocycles. The number of allylic oxidation sites excluding steroid dienone is 14. The Kier molecular flexibility index (Phi) is 8.05. The Morgan fingerprint density at radius 1 is 0.854 bits per heavy atom. The summed E-state index contributed by atoms with van der Waals surface area (Å²) in [6.07, 6.45) is 29.6. The highest BCUT2D eigenvalue weighted by Gasteiger charge is 2.15. The average Bonchev–Trinajstić information content (AvgIpc) is 3.05. The van der Waals surface area contributed by atoms with Gasteiger partial charge in [0.1, 0.15) is 0 Å². The summed E-state index contributed by atoms with van der Waals surface area (Å²) >= 11 is 0. The number of nitrogens with zero attached hydrogens (tertiary/aromatic N) is 1. The highest BCUT2D eigenvalue weighted by Crippen LogP contribution is 2.36. The predicted molar refractivity (Wildman–Crippen MR) is 179 cm³/mol. The number of hydrogen-bond acceptors (Lipinski definition) is 1. The molecule has 1 unspecified atom stereocenters. The Bertz CT molecular complexity index is 1730. The Morgan fingerprint density at radius 2 is 1.71 bits per heavy atom. The molecule has 0 saturated heterocycles. The molecule has 1 heteroatoms. The first-order valence-corrected chi connectivity index (χ1v) is 14.8. The van der Waals surface area contributed by atoms with Crippen molar-refractivity contribution < 1.29 is 0 Å². The van der Waals surface area contributed by atoms with Gasteiger partial charge in [-0.05, 0) is 101 Å². The van der Waals surface area contributed by atoms with Crippen molar-refractivity contribution in [3.05, 3.63) is 156 Å². The van der Waals surface area contributed by atoms with E-state index >= 15 is 0 Å². The van der Waals surface area contributed by atoms with Crippen molar-refractivity contribution in [1.82, 2.24) is 0 Å². The lowest BCUT2D eigenvalue weighted by Gasteiger charge is -2.17. The third-order valence-electron chi connectivity index (χ3n) is 8.23. The van der Waals surface area contributed by atoms with Gasteiger partial charge in [0.05, 0.1) is 5.70 Å². The Morgan fingerprint density at radius 3 is 2.46 bits per heavy atom. The lowest BCUT2D eigenvalue weighted by Crippen LogP contribution is -2.12. The largest absolute Gasteiger partial charge is 0.253 e. The van der Waals surface area contributed by atoms with Crippen LogP contribution < -0.4 is 0 Å². The molecule has 3 aromatic carbocycles. The minimum Gasteiger partial charge on any atom is -0.253 e. The minimum absolute atomic E-state index is 0.245. The van der Waals surface area contributed by atoms with E-state index in [1.54, 1.807) is 0 Å². The molecule has 6 rings (SSSR count). The Labute approximate surface area is 244 Å². The second-order valence-electron chi connectivity index (χ2n) is 11.1. The molecule has 0 radical (unpaired) electrons. The number of benzene rings is 3. The lowest BCUT2D eigenvalue weighted by atomic mass is 9.89. The van der Waals surface area contributed by atoms with Gasteiger partial charge in [-0.25, -0.2) is 0 Å². The Balaban J connectivity index is 1.37. The van der Waals surface area contributed by atoms with E-state index in [9.17, 15) is 0 Å². The van der Waals surface area contributed by atoms with Crippen LogP contribution in [0.3, 0.4) is 0 Å². The van der Waals surface area contributed by atoms with Crippen LogP contribution in [0, 0.1) is 5.92 Å². The number of aliphatic imine (C=N–C) groups is 1. The highest BCUT2D eigenvalue weighted by atomic mass is 14.8. The molecule has 0 heterocycles. The molecule has 0 aromatic heterocycles. The molecule has 3 aliphatic carbocycles. The molecule has 0 amide bonds. The summed E-state index contributed by atoms with van der Waals surface area (Å²) in [4.78, 5) is 5.11. The standard InChI is InChI=1S/C40H37N/c1-29(27-40(33-19-10-5-11-20-33)41-30(2)31-15-6-3-7-16-31)34-21-14-22-35(28-34)37-26-25-36(32-17-8-4-9-18-32)38-23-12-13-24-39(37)38/h3,5-6,8,10-15,17-19,21-28,33H,2,4,7,9,16,20H2,1H3/b29-27+,41-40+. The summed E-state index contributed by atoms with van der Waals surface area (Å²) in [5.74, 6) is 0.245. The first kappa shape index (κ1) is 26.7. The summed E-state index contributed by atoms with van der Waals surface area (Å²) in [6.45, 7) is 6.55.